The van der Waals surface area contributed by atoms with E-state index >= 15 is 0 Å². The van der Waals surface area contributed by atoms with Gasteiger partial charge in [-0.1, -0.05) is 97.1 Å². The molecule has 0 aliphatic carbocycles. The van der Waals surface area contributed by atoms with Crippen molar-refractivity contribution in [3.05, 3.63) is 126 Å². The number of ketones is 1. The molecule has 0 saturated carbocycles. The van der Waals surface area contributed by atoms with Crippen LogP contribution in [0.4, 0.5) is 0 Å². The fourth-order valence-electron chi connectivity index (χ4n) is 3.13. The van der Waals surface area contributed by atoms with E-state index in [-0.39, 0.29) is 5.78 Å². The SMILES string of the molecule is O=C(C=C(c1ccccc1)c1ccccc1)c1ccc2ccccc2c1. The predicted octanol–water partition coefficient (Wildman–Crippen LogP) is 6.15. The molecule has 0 bridgehead atoms. The second kappa shape index (κ2) is 7.20. The van der Waals surface area contributed by atoms with E-state index < -0.39 is 0 Å². The van der Waals surface area contributed by atoms with Crippen molar-refractivity contribution in [3.63, 3.8) is 0 Å². The highest BCUT2D eigenvalue weighted by Crippen LogP contribution is 2.24. The first-order valence-electron chi connectivity index (χ1n) is 8.67. The van der Waals surface area contributed by atoms with Gasteiger partial charge in [0.1, 0.15) is 0 Å². The molecule has 1 heteroatoms. The Hall–Kier alpha value is -3.45. The van der Waals surface area contributed by atoms with Crippen LogP contribution >= 0.6 is 0 Å². The number of benzene rings is 4. The third kappa shape index (κ3) is 3.33. The Bertz CT molecular complexity index is 1040. The maximum Gasteiger partial charge on any atom is 0.186 e. The lowest BCUT2D eigenvalue weighted by atomic mass is 9.95. The molecule has 0 radical (unpaired) electrons. The van der Waals surface area contributed by atoms with Gasteiger partial charge in [-0.3, -0.25) is 4.79 Å². The van der Waals surface area contributed by atoms with Crippen LogP contribution < -0.4 is 0 Å². The third-order valence-electron chi connectivity index (χ3n) is 4.48. The zero-order chi connectivity index (χ0) is 17.8. The summed E-state index contributed by atoms with van der Waals surface area (Å²) in [4.78, 5) is 13.0. The zero-order valence-corrected chi connectivity index (χ0v) is 14.3. The number of hydrogen-bond acceptors (Lipinski definition) is 1. The highest BCUT2D eigenvalue weighted by Gasteiger charge is 2.10. The van der Waals surface area contributed by atoms with Gasteiger partial charge in [0.25, 0.3) is 0 Å². The van der Waals surface area contributed by atoms with Gasteiger partial charge < -0.3 is 0 Å². The third-order valence-corrected chi connectivity index (χ3v) is 4.48. The maximum atomic E-state index is 13.0. The Morgan fingerprint density at radius 3 is 1.69 bits per heavy atom. The molecule has 0 aromatic heterocycles. The molecule has 0 saturated heterocycles. The quantitative estimate of drug-likeness (QED) is 0.323. The monoisotopic (exact) mass is 334 g/mol. The van der Waals surface area contributed by atoms with Gasteiger partial charge in [-0.2, -0.15) is 0 Å². The van der Waals surface area contributed by atoms with Crippen LogP contribution in [0, 0.1) is 0 Å². The smallest absolute Gasteiger partial charge is 0.186 e. The Labute approximate surface area is 153 Å². The van der Waals surface area contributed by atoms with E-state index in [2.05, 4.69) is 6.07 Å². The topological polar surface area (TPSA) is 17.1 Å². The van der Waals surface area contributed by atoms with Crippen molar-refractivity contribution in [2.45, 2.75) is 0 Å². The first-order chi connectivity index (χ1) is 12.8. The number of carbonyl (C=O) groups excluding carboxylic acids is 1. The van der Waals surface area contributed by atoms with Crippen LogP contribution in [0.15, 0.2) is 109 Å². The first kappa shape index (κ1) is 16.0. The lowest BCUT2D eigenvalue weighted by molar-refractivity contribution is 0.104. The molecule has 0 spiro atoms. The van der Waals surface area contributed by atoms with Gasteiger partial charge in [0.2, 0.25) is 0 Å². The van der Waals surface area contributed by atoms with E-state index in [9.17, 15) is 4.79 Å². The standard InChI is InChI=1S/C25H18O/c26-25(23-16-15-19-9-7-8-14-22(19)17-23)18-24(20-10-3-1-4-11-20)21-12-5-2-6-13-21/h1-18H. The van der Waals surface area contributed by atoms with Crippen molar-refractivity contribution < 1.29 is 4.79 Å². The van der Waals surface area contributed by atoms with E-state index in [4.69, 9.17) is 0 Å². The minimum Gasteiger partial charge on any atom is -0.289 e. The number of allylic oxidation sites excluding steroid dienone is 1. The number of carbonyl (C=O) groups is 1. The largest absolute Gasteiger partial charge is 0.289 e. The van der Waals surface area contributed by atoms with Crippen LogP contribution in [0.25, 0.3) is 16.3 Å². The van der Waals surface area contributed by atoms with Crippen molar-refractivity contribution >= 4 is 22.1 Å². The molecule has 4 aromatic carbocycles. The Morgan fingerprint density at radius 1 is 0.538 bits per heavy atom. The van der Waals surface area contributed by atoms with Crippen molar-refractivity contribution in [1.29, 1.82) is 0 Å². The molecule has 0 heterocycles. The summed E-state index contributed by atoms with van der Waals surface area (Å²) in [6.45, 7) is 0. The molecule has 0 aliphatic heterocycles. The molecule has 124 valence electrons. The van der Waals surface area contributed by atoms with E-state index in [1.54, 1.807) is 6.08 Å². The van der Waals surface area contributed by atoms with Crippen molar-refractivity contribution in [2.75, 3.05) is 0 Å². The van der Waals surface area contributed by atoms with E-state index in [1.165, 1.54) is 0 Å². The summed E-state index contributed by atoms with van der Waals surface area (Å²) in [6.07, 6.45) is 1.74. The van der Waals surface area contributed by atoms with Gasteiger partial charge in [-0.25, -0.2) is 0 Å². The second-order valence-electron chi connectivity index (χ2n) is 6.22. The summed E-state index contributed by atoms with van der Waals surface area (Å²) in [5.41, 5.74) is 3.71. The van der Waals surface area contributed by atoms with E-state index in [1.807, 2.05) is 97.1 Å². The highest BCUT2D eigenvalue weighted by atomic mass is 16.1. The van der Waals surface area contributed by atoms with Crippen LogP contribution in [0.1, 0.15) is 21.5 Å². The number of fused-ring (bicyclic) bond motifs is 1. The van der Waals surface area contributed by atoms with Crippen molar-refractivity contribution in [1.82, 2.24) is 0 Å². The molecule has 4 aromatic rings. The maximum absolute atomic E-state index is 13.0. The van der Waals surface area contributed by atoms with Crippen molar-refractivity contribution in [2.24, 2.45) is 0 Å². The highest BCUT2D eigenvalue weighted by molar-refractivity contribution is 6.11. The van der Waals surface area contributed by atoms with Gasteiger partial charge in [-0.05, 0) is 39.6 Å². The van der Waals surface area contributed by atoms with Gasteiger partial charge in [0, 0.05) is 5.56 Å². The predicted molar refractivity (Wildman–Crippen MR) is 108 cm³/mol. The van der Waals surface area contributed by atoms with E-state index in [0.29, 0.717) is 5.56 Å². The van der Waals surface area contributed by atoms with Gasteiger partial charge in [0.05, 0.1) is 0 Å². The summed E-state index contributed by atoms with van der Waals surface area (Å²) >= 11 is 0. The molecular weight excluding hydrogens is 316 g/mol. The summed E-state index contributed by atoms with van der Waals surface area (Å²) < 4.78 is 0. The molecule has 0 atom stereocenters. The molecule has 0 amide bonds. The number of hydrogen-bond donors (Lipinski definition) is 0. The van der Waals surface area contributed by atoms with Crippen LogP contribution in [0.2, 0.25) is 0 Å². The van der Waals surface area contributed by atoms with Gasteiger partial charge in [-0.15, -0.1) is 0 Å². The van der Waals surface area contributed by atoms with Gasteiger partial charge in [0.15, 0.2) is 5.78 Å². The molecule has 0 fully saturated rings. The summed E-state index contributed by atoms with van der Waals surface area (Å²) in [5.74, 6) is 0.0125. The number of rotatable bonds is 4. The lowest BCUT2D eigenvalue weighted by Crippen LogP contribution is -1.98. The molecule has 4 rings (SSSR count). The van der Waals surface area contributed by atoms with Crippen LogP contribution in [-0.2, 0) is 0 Å². The molecular formula is C25H18O. The molecule has 26 heavy (non-hydrogen) atoms. The van der Waals surface area contributed by atoms with Crippen LogP contribution in [-0.4, -0.2) is 5.78 Å². The van der Waals surface area contributed by atoms with E-state index in [0.717, 1.165) is 27.5 Å². The average molecular weight is 334 g/mol. The fraction of sp³-hybridized carbons (Fsp3) is 0. The zero-order valence-electron chi connectivity index (χ0n) is 14.3. The minimum absolute atomic E-state index is 0.0125. The van der Waals surface area contributed by atoms with Crippen molar-refractivity contribution in [3.8, 4) is 0 Å². The van der Waals surface area contributed by atoms with Crippen LogP contribution in [0.3, 0.4) is 0 Å². The normalized spacial score (nSPS) is 10.5. The molecule has 0 unspecified atom stereocenters. The Morgan fingerprint density at radius 2 is 1.08 bits per heavy atom. The average Bonchev–Trinajstić information content (AvgIpc) is 2.72. The molecule has 0 N–H and O–H groups in total. The van der Waals surface area contributed by atoms with Gasteiger partial charge >= 0.3 is 0 Å². The first-order valence-corrected chi connectivity index (χ1v) is 8.67. The van der Waals surface area contributed by atoms with Crippen LogP contribution in [0.5, 0.6) is 0 Å². The fourth-order valence-corrected chi connectivity index (χ4v) is 3.13. The minimum atomic E-state index is 0.0125. The molecule has 0 aliphatic rings. The summed E-state index contributed by atoms with van der Waals surface area (Å²) in [6, 6.07) is 34.0. The Kier molecular flexibility index (Phi) is 4.44. The second-order valence-corrected chi connectivity index (χ2v) is 6.22. The Balaban J connectivity index is 1.79. The molecule has 1 nitrogen and oxygen atoms in total. The summed E-state index contributed by atoms with van der Waals surface area (Å²) in [7, 11) is 0. The summed E-state index contributed by atoms with van der Waals surface area (Å²) in [5, 5.41) is 2.21. The lowest BCUT2D eigenvalue weighted by Gasteiger charge is -2.09.